The van der Waals surface area contributed by atoms with E-state index in [2.05, 4.69) is 10.3 Å². The number of rotatable bonds is 3. The second-order valence-corrected chi connectivity index (χ2v) is 6.67. The van der Waals surface area contributed by atoms with Crippen molar-refractivity contribution in [1.82, 2.24) is 15.2 Å². The maximum Gasteiger partial charge on any atom is 0.209 e. The first kappa shape index (κ1) is 14.9. The third kappa shape index (κ3) is 2.46. The number of allylic oxidation sites excluding steroid dienone is 1. The van der Waals surface area contributed by atoms with Crippen LogP contribution in [0.25, 0.3) is 10.9 Å². The summed E-state index contributed by atoms with van der Waals surface area (Å²) in [5.41, 5.74) is 3.30. The van der Waals surface area contributed by atoms with Crippen molar-refractivity contribution in [2.24, 2.45) is 5.41 Å². The van der Waals surface area contributed by atoms with Crippen molar-refractivity contribution >= 4 is 23.0 Å². The van der Waals surface area contributed by atoms with Crippen molar-refractivity contribution in [2.75, 3.05) is 19.6 Å². The van der Waals surface area contributed by atoms with E-state index in [4.69, 9.17) is 5.41 Å². The molecule has 1 atom stereocenters. The molecule has 1 unspecified atom stereocenters. The molecule has 1 aromatic heterocycles. The highest BCUT2D eigenvalue weighted by Crippen LogP contribution is 2.42. The molecule has 5 nitrogen and oxygen atoms in total. The van der Waals surface area contributed by atoms with E-state index in [9.17, 15) is 4.79 Å². The van der Waals surface area contributed by atoms with Gasteiger partial charge in [-0.15, -0.1) is 0 Å². The lowest BCUT2D eigenvalue weighted by Gasteiger charge is -2.24. The number of carbonyl (C=O) groups excluding carboxylic acids is 1. The molecule has 0 saturated carbocycles. The summed E-state index contributed by atoms with van der Waals surface area (Å²) in [7, 11) is 0. The number of fused-ring (bicyclic) bond motifs is 1. The van der Waals surface area contributed by atoms with Crippen LogP contribution in [-0.4, -0.2) is 41.6 Å². The standard InChI is InChI=1S/C19H20N4O/c20-16(15-9-14-3-1-2-4-17(14)22-11-15)10-18-19(5-7-21-18)6-8-23(12-19)13-24/h1-4,9-11,13,20-21H,5-8,12H2/b18-10-,20-16?. The second-order valence-electron chi connectivity index (χ2n) is 6.67. The lowest BCUT2D eigenvalue weighted by molar-refractivity contribution is -0.117. The fraction of sp³-hybridized carbons (Fsp3) is 0.316. The van der Waals surface area contributed by atoms with Crippen molar-refractivity contribution < 1.29 is 4.79 Å². The van der Waals surface area contributed by atoms with Gasteiger partial charge in [0.05, 0.1) is 11.2 Å². The predicted molar refractivity (Wildman–Crippen MR) is 94.0 cm³/mol. The van der Waals surface area contributed by atoms with Gasteiger partial charge in [0.1, 0.15) is 0 Å². The summed E-state index contributed by atoms with van der Waals surface area (Å²) in [6.07, 6.45) is 6.60. The first-order valence-electron chi connectivity index (χ1n) is 8.29. The summed E-state index contributed by atoms with van der Waals surface area (Å²) >= 11 is 0. The SMILES string of the molecule is N=C(/C=C1\NCCC12CCN(C=O)C2)c1cnc2ccccc2c1. The Labute approximate surface area is 140 Å². The molecule has 0 aliphatic carbocycles. The van der Waals surface area contributed by atoms with Gasteiger partial charge in [-0.25, -0.2) is 0 Å². The maximum atomic E-state index is 11.1. The molecule has 5 heteroatoms. The topological polar surface area (TPSA) is 69.1 Å². The molecular weight excluding hydrogens is 300 g/mol. The Kier molecular flexibility index (Phi) is 3.56. The lowest BCUT2D eigenvalue weighted by atomic mass is 9.82. The quantitative estimate of drug-likeness (QED) is 0.673. The minimum Gasteiger partial charge on any atom is -0.388 e. The van der Waals surface area contributed by atoms with Crippen LogP contribution < -0.4 is 5.32 Å². The minimum atomic E-state index is -0.00249. The molecule has 2 fully saturated rings. The van der Waals surface area contributed by atoms with E-state index in [-0.39, 0.29) is 5.41 Å². The smallest absolute Gasteiger partial charge is 0.209 e. The van der Waals surface area contributed by atoms with Gasteiger partial charge >= 0.3 is 0 Å². The molecule has 2 aliphatic heterocycles. The van der Waals surface area contributed by atoms with E-state index in [1.165, 1.54) is 0 Å². The monoisotopic (exact) mass is 320 g/mol. The largest absolute Gasteiger partial charge is 0.388 e. The number of hydrogen-bond acceptors (Lipinski definition) is 4. The molecule has 24 heavy (non-hydrogen) atoms. The number of para-hydroxylation sites is 1. The third-order valence-corrected chi connectivity index (χ3v) is 5.21. The summed E-state index contributed by atoms with van der Waals surface area (Å²) in [6, 6.07) is 9.95. The molecule has 1 aromatic carbocycles. The van der Waals surface area contributed by atoms with Gasteiger partial charge < -0.3 is 15.6 Å². The average molecular weight is 320 g/mol. The molecule has 1 spiro atoms. The maximum absolute atomic E-state index is 11.1. The zero-order chi connectivity index (χ0) is 16.6. The highest BCUT2D eigenvalue weighted by molar-refractivity contribution is 6.08. The first-order chi connectivity index (χ1) is 11.7. The Balaban J connectivity index is 1.63. The first-order valence-corrected chi connectivity index (χ1v) is 8.29. The van der Waals surface area contributed by atoms with Crippen LogP contribution >= 0.6 is 0 Å². The fourth-order valence-electron chi connectivity index (χ4n) is 3.83. The lowest BCUT2D eigenvalue weighted by Crippen LogP contribution is -2.27. The second kappa shape index (κ2) is 5.74. The number of aromatic nitrogens is 1. The van der Waals surface area contributed by atoms with E-state index in [1.54, 1.807) is 6.20 Å². The molecule has 3 heterocycles. The predicted octanol–water partition coefficient (Wildman–Crippen LogP) is 2.33. The summed E-state index contributed by atoms with van der Waals surface area (Å²) in [6.45, 7) is 2.45. The van der Waals surface area contributed by atoms with Crippen LogP contribution in [0.1, 0.15) is 18.4 Å². The zero-order valence-corrected chi connectivity index (χ0v) is 13.5. The summed E-state index contributed by atoms with van der Waals surface area (Å²) in [4.78, 5) is 17.3. The van der Waals surface area contributed by atoms with Crippen LogP contribution in [-0.2, 0) is 4.79 Å². The summed E-state index contributed by atoms with van der Waals surface area (Å²) in [5, 5.41) is 12.9. The van der Waals surface area contributed by atoms with Gasteiger partial charge in [0.25, 0.3) is 0 Å². The van der Waals surface area contributed by atoms with Crippen LogP contribution in [0.15, 0.2) is 48.3 Å². The van der Waals surface area contributed by atoms with Gasteiger partial charge in [0.15, 0.2) is 0 Å². The van der Waals surface area contributed by atoms with Crippen LogP contribution in [0, 0.1) is 10.8 Å². The van der Waals surface area contributed by atoms with Gasteiger partial charge in [-0.05, 0) is 31.1 Å². The molecule has 1 amide bonds. The van der Waals surface area contributed by atoms with E-state index >= 15 is 0 Å². The van der Waals surface area contributed by atoms with E-state index in [1.807, 2.05) is 41.3 Å². The van der Waals surface area contributed by atoms with Gasteiger partial charge in [-0.2, -0.15) is 0 Å². The number of amides is 1. The molecule has 2 saturated heterocycles. The van der Waals surface area contributed by atoms with Crippen molar-refractivity contribution in [3.63, 3.8) is 0 Å². The average Bonchev–Trinajstić information content (AvgIpc) is 3.22. The van der Waals surface area contributed by atoms with Crippen LogP contribution in [0.5, 0.6) is 0 Å². The normalized spacial score (nSPS) is 24.7. The number of hydrogen-bond donors (Lipinski definition) is 2. The summed E-state index contributed by atoms with van der Waals surface area (Å²) < 4.78 is 0. The van der Waals surface area contributed by atoms with Crippen molar-refractivity contribution in [1.29, 1.82) is 5.41 Å². The van der Waals surface area contributed by atoms with Gasteiger partial charge in [0.2, 0.25) is 6.41 Å². The van der Waals surface area contributed by atoms with Crippen molar-refractivity contribution in [3.8, 4) is 0 Å². The van der Waals surface area contributed by atoms with Crippen molar-refractivity contribution in [3.05, 3.63) is 53.9 Å². The van der Waals surface area contributed by atoms with Crippen LogP contribution in [0.4, 0.5) is 0 Å². The van der Waals surface area contributed by atoms with Gasteiger partial charge in [-0.1, -0.05) is 18.2 Å². The number of nitrogens with zero attached hydrogens (tertiary/aromatic N) is 2. The Morgan fingerprint density at radius 1 is 1.33 bits per heavy atom. The van der Waals surface area contributed by atoms with Gasteiger partial charge in [-0.3, -0.25) is 9.78 Å². The zero-order valence-electron chi connectivity index (χ0n) is 13.5. The van der Waals surface area contributed by atoms with E-state index < -0.39 is 0 Å². The Morgan fingerprint density at radius 2 is 2.21 bits per heavy atom. The molecule has 0 bridgehead atoms. The molecule has 4 rings (SSSR count). The number of pyridine rings is 1. The Bertz CT molecular complexity index is 844. The molecule has 0 radical (unpaired) electrons. The number of carbonyl (C=O) groups is 1. The molecule has 2 aliphatic rings. The van der Waals surface area contributed by atoms with E-state index in [0.29, 0.717) is 5.71 Å². The molecular formula is C19H20N4O. The fourth-order valence-corrected chi connectivity index (χ4v) is 3.83. The third-order valence-electron chi connectivity index (χ3n) is 5.21. The van der Waals surface area contributed by atoms with Gasteiger partial charge in [0, 0.05) is 47.9 Å². The Hall–Kier alpha value is -2.69. The van der Waals surface area contributed by atoms with E-state index in [0.717, 1.165) is 61.0 Å². The highest BCUT2D eigenvalue weighted by Gasteiger charge is 2.44. The Morgan fingerprint density at radius 3 is 3.04 bits per heavy atom. The molecule has 2 aromatic rings. The highest BCUT2D eigenvalue weighted by atomic mass is 16.1. The summed E-state index contributed by atoms with van der Waals surface area (Å²) in [5.74, 6) is 0. The molecule has 2 N–H and O–H groups in total. The number of likely N-dealkylation sites (tertiary alicyclic amines) is 1. The van der Waals surface area contributed by atoms with Crippen molar-refractivity contribution in [2.45, 2.75) is 12.8 Å². The van der Waals surface area contributed by atoms with Crippen LogP contribution in [0.3, 0.4) is 0 Å². The van der Waals surface area contributed by atoms with Crippen LogP contribution in [0.2, 0.25) is 0 Å². The number of benzene rings is 1. The molecule has 122 valence electrons. The minimum absolute atomic E-state index is 0.00249. The number of nitrogens with one attached hydrogen (secondary N) is 2.